The quantitative estimate of drug-likeness (QED) is 0.585. The normalized spacial score (nSPS) is 27.9. The van der Waals surface area contributed by atoms with E-state index in [4.69, 9.17) is 18.9 Å². The third-order valence-corrected chi connectivity index (χ3v) is 4.73. The number of rotatable bonds is 6. The minimum Gasteiger partial charge on any atom is -0.497 e. The Balaban J connectivity index is 1.69. The summed E-state index contributed by atoms with van der Waals surface area (Å²) >= 11 is 0. The molecule has 0 saturated carbocycles. The molecule has 2 aliphatic rings. The number of benzene rings is 1. The first-order valence-corrected chi connectivity index (χ1v) is 8.88. The fourth-order valence-corrected chi connectivity index (χ4v) is 3.40. The summed E-state index contributed by atoms with van der Waals surface area (Å²) in [6.45, 7) is 1.84. The van der Waals surface area contributed by atoms with E-state index in [1.54, 1.807) is 0 Å². The lowest BCUT2D eigenvalue weighted by atomic mass is 9.81. The van der Waals surface area contributed by atoms with Gasteiger partial charge in [-0.05, 0) is 31.2 Å². The third-order valence-electron chi connectivity index (χ3n) is 4.73. The maximum atomic E-state index is 11.5. The van der Waals surface area contributed by atoms with Crippen LogP contribution in [0.15, 0.2) is 42.2 Å². The molecule has 0 N–H and O–H groups in total. The summed E-state index contributed by atoms with van der Waals surface area (Å²) in [6.07, 6.45) is 5.97. The van der Waals surface area contributed by atoms with Crippen molar-refractivity contribution in [3.8, 4) is 0 Å². The molecular formula is C20H26O5. The Hall–Kier alpha value is -1.85. The van der Waals surface area contributed by atoms with Gasteiger partial charge < -0.3 is 18.9 Å². The van der Waals surface area contributed by atoms with E-state index < -0.39 is 0 Å². The van der Waals surface area contributed by atoms with Crippen molar-refractivity contribution in [2.45, 2.75) is 38.4 Å². The van der Waals surface area contributed by atoms with E-state index in [1.165, 1.54) is 18.7 Å². The molecule has 5 nitrogen and oxygen atoms in total. The van der Waals surface area contributed by atoms with E-state index in [1.807, 2.05) is 18.2 Å². The van der Waals surface area contributed by atoms with Gasteiger partial charge in [-0.3, -0.25) is 0 Å². The number of carbonyl (C=O) groups is 1. The molecule has 1 aromatic rings. The summed E-state index contributed by atoms with van der Waals surface area (Å²) < 4.78 is 22.3. The SMILES string of the molecule is COC(=O)/C=C1/CC(COC2CCCCO2)(Cc2ccccc2)CO1. The zero-order valence-electron chi connectivity index (χ0n) is 14.7. The average Bonchev–Trinajstić information content (AvgIpc) is 3.04. The zero-order valence-corrected chi connectivity index (χ0v) is 14.7. The van der Waals surface area contributed by atoms with Gasteiger partial charge >= 0.3 is 5.97 Å². The molecule has 0 aliphatic carbocycles. The Morgan fingerprint density at radius 2 is 2.16 bits per heavy atom. The number of hydrogen-bond acceptors (Lipinski definition) is 5. The molecular weight excluding hydrogens is 320 g/mol. The molecule has 2 unspecified atom stereocenters. The number of hydrogen-bond donors (Lipinski definition) is 0. The molecule has 2 saturated heterocycles. The Labute approximate surface area is 148 Å². The van der Waals surface area contributed by atoms with Gasteiger partial charge in [0.2, 0.25) is 0 Å². The highest BCUT2D eigenvalue weighted by molar-refractivity contribution is 5.82. The summed E-state index contributed by atoms with van der Waals surface area (Å²) in [5.74, 6) is 0.276. The largest absolute Gasteiger partial charge is 0.497 e. The molecule has 0 spiro atoms. The van der Waals surface area contributed by atoms with Crippen LogP contribution >= 0.6 is 0 Å². The molecule has 3 rings (SSSR count). The number of allylic oxidation sites excluding steroid dienone is 1. The molecule has 1 aromatic carbocycles. The fourth-order valence-electron chi connectivity index (χ4n) is 3.40. The van der Waals surface area contributed by atoms with E-state index in [-0.39, 0.29) is 17.7 Å². The fraction of sp³-hybridized carbons (Fsp3) is 0.550. The molecule has 0 aromatic heterocycles. The third kappa shape index (κ3) is 5.06. The summed E-state index contributed by atoms with van der Waals surface area (Å²) in [4.78, 5) is 11.5. The van der Waals surface area contributed by atoms with Gasteiger partial charge in [-0.1, -0.05) is 30.3 Å². The minimum absolute atomic E-state index is 0.130. The van der Waals surface area contributed by atoms with Gasteiger partial charge in [-0.2, -0.15) is 0 Å². The molecule has 2 fully saturated rings. The molecule has 0 bridgehead atoms. The predicted molar refractivity (Wildman–Crippen MR) is 92.8 cm³/mol. The molecule has 5 heteroatoms. The molecule has 2 heterocycles. The minimum atomic E-state index is -0.387. The van der Waals surface area contributed by atoms with Crippen LogP contribution in [0.3, 0.4) is 0 Å². The number of methoxy groups -OCH3 is 1. The maximum Gasteiger partial charge on any atom is 0.333 e. The molecule has 2 aliphatic heterocycles. The summed E-state index contributed by atoms with van der Waals surface area (Å²) in [7, 11) is 1.37. The van der Waals surface area contributed by atoms with Gasteiger partial charge in [0.25, 0.3) is 0 Å². The van der Waals surface area contributed by atoms with Crippen molar-refractivity contribution in [2.24, 2.45) is 5.41 Å². The highest BCUT2D eigenvalue weighted by Gasteiger charge is 2.40. The Bertz CT molecular complexity index is 591. The molecule has 25 heavy (non-hydrogen) atoms. The molecule has 0 radical (unpaired) electrons. The van der Waals surface area contributed by atoms with Gasteiger partial charge in [-0.25, -0.2) is 4.79 Å². The van der Waals surface area contributed by atoms with Gasteiger partial charge in [-0.15, -0.1) is 0 Å². The van der Waals surface area contributed by atoms with Gasteiger partial charge in [0, 0.05) is 18.4 Å². The Kier molecular flexibility index (Phi) is 6.10. The molecule has 0 amide bonds. The second kappa shape index (κ2) is 8.50. The second-order valence-electron chi connectivity index (χ2n) is 6.87. The first-order valence-electron chi connectivity index (χ1n) is 8.88. The number of ether oxygens (including phenoxy) is 4. The van der Waals surface area contributed by atoms with Crippen LogP contribution in [0, 0.1) is 5.41 Å². The summed E-state index contributed by atoms with van der Waals surface area (Å²) in [5.41, 5.74) is 1.04. The van der Waals surface area contributed by atoms with Crippen LogP contribution < -0.4 is 0 Å². The van der Waals surface area contributed by atoms with E-state index in [2.05, 4.69) is 12.1 Å². The Morgan fingerprint density at radius 1 is 1.32 bits per heavy atom. The van der Waals surface area contributed by atoms with E-state index in [9.17, 15) is 4.79 Å². The van der Waals surface area contributed by atoms with Crippen molar-refractivity contribution in [1.29, 1.82) is 0 Å². The summed E-state index contributed by atoms with van der Waals surface area (Å²) in [5, 5.41) is 0. The highest BCUT2D eigenvalue weighted by atomic mass is 16.7. The first-order chi connectivity index (χ1) is 12.2. The lowest BCUT2D eigenvalue weighted by Crippen LogP contribution is -2.34. The van der Waals surface area contributed by atoms with Crippen LogP contribution in [0.2, 0.25) is 0 Å². The monoisotopic (exact) mass is 346 g/mol. The van der Waals surface area contributed by atoms with E-state index in [0.29, 0.717) is 25.4 Å². The van der Waals surface area contributed by atoms with Crippen molar-refractivity contribution >= 4 is 5.97 Å². The maximum absolute atomic E-state index is 11.5. The van der Waals surface area contributed by atoms with Crippen LogP contribution in [-0.2, 0) is 30.2 Å². The standard InChI is InChI=1S/C20H26O5/c1-22-18(21)11-17-13-20(14-24-17,12-16-7-3-2-4-8-16)15-25-19-9-5-6-10-23-19/h2-4,7-8,11,19H,5-6,9-10,12-15H2,1H3/b17-11-. The van der Waals surface area contributed by atoms with Crippen LogP contribution in [0.5, 0.6) is 0 Å². The molecule has 2 atom stereocenters. The van der Waals surface area contributed by atoms with Crippen molar-refractivity contribution in [3.05, 3.63) is 47.7 Å². The van der Waals surface area contributed by atoms with Crippen LogP contribution in [0.1, 0.15) is 31.2 Å². The predicted octanol–water partition coefficient (Wildman–Crippen LogP) is 3.24. The van der Waals surface area contributed by atoms with Crippen molar-refractivity contribution < 1.29 is 23.7 Å². The van der Waals surface area contributed by atoms with Crippen molar-refractivity contribution in [2.75, 3.05) is 26.9 Å². The van der Waals surface area contributed by atoms with Crippen LogP contribution in [0.4, 0.5) is 0 Å². The average molecular weight is 346 g/mol. The lowest BCUT2D eigenvalue weighted by Gasteiger charge is -2.30. The number of esters is 1. The summed E-state index contributed by atoms with van der Waals surface area (Å²) in [6, 6.07) is 10.3. The molecule has 136 valence electrons. The lowest BCUT2D eigenvalue weighted by molar-refractivity contribution is -0.179. The van der Waals surface area contributed by atoms with Gasteiger partial charge in [0.15, 0.2) is 6.29 Å². The van der Waals surface area contributed by atoms with Crippen LogP contribution in [0.25, 0.3) is 0 Å². The van der Waals surface area contributed by atoms with E-state index >= 15 is 0 Å². The Morgan fingerprint density at radius 3 is 2.88 bits per heavy atom. The highest BCUT2D eigenvalue weighted by Crippen LogP contribution is 2.39. The second-order valence-corrected chi connectivity index (χ2v) is 6.87. The smallest absolute Gasteiger partial charge is 0.333 e. The van der Waals surface area contributed by atoms with Crippen LogP contribution in [-0.4, -0.2) is 39.2 Å². The number of carbonyl (C=O) groups excluding carboxylic acids is 1. The van der Waals surface area contributed by atoms with Crippen molar-refractivity contribution in [1.82, 2.24) is 0 Å². The van der Waals surface area contributed by atoms with Gasteiger partial charge in [0.1, 0.15) is 5.76 Å². The van der Waals surface area contributed by atoms with Gasteiger partial charge in [0.05, 0.1) is 26.4 Å². The topological polar surface area (TPSA) is 54.0 Å². The van der Waals surface area contributed by atoms with E-state index in [0.717, 1.165) is 32.3 Å². The zero-order chi connectivity index (χ0) is 17.5. The first kappa shape index (κ1) is 18.0. The van der Waals surface area contributed by atoms with Crippen molar-refractivity contribution in [3.63, 3.8) is 0 Å².